The largest absolute Gasteiger partial charge is 0.481 e. The van der Waals surface area contributed by atoms with Crippen LogP contribution in [0.2, 0.25) is 0 Å². The van der Waals surface area contributed by atoms with Crippen molar-refractivity contribution >= 4 is 12.0 Å². The molecule has 1 fully saturated rings. The van der Waals surface area contributed by atoms with E-state index < -0.39 is 5.97 Å². The lowest BCUT2D eigenvalue weighted by molar-refractivity contribution is -0.136. The Labute approximate surface area is 137 Å². The zero-order valence-corrected chi connectivity index (χ0v) is 13.5. The summed E-state index contributed by atoms with van der Waals surface area (Å²) < 4.78 is 0. The van der Waals surface area contributed by atoms with Gasteiger partial charge in [0.2, 0.25) is 0 Å². The number of aliphatic carboxylic acids is 1. The number of carboxylic acid groups (broad SMARTS) is 1. The second kappa shape index (κ2) is 6.71. The van der Waals surface area contributed by atoms with E-state index in [1.54, 1.807) is 0 Å². The van der Waals surface area contributed by atoms with Crippen molar-refractivity contribution in [3.05, 3.63) is 53.1 Å². The molecule has 0 aromatic heterocycles. The maximum absolute atomic E-state index is 10.7. The van der Waals surface area contributed by atoms with Crippen LogP contribution < -0.4 is 0 Å². The first kappa shape index (κ1) is 16.0. The third-order valence-corrected chi connectivity index (χ3v) is 5.20. The molecule has 1 aromatic rings. The van der Waals surface area contributed by atoms with Crippen LogP contribution in [-0.2, 0) is 4.79 Å². The lowest BCUT2D eigenvalue weighted by atomic mass is 9.88. The molecule has 0 radical (unpaired) electrons. The van der Waals surface area contributed by atoms with Gasteiger partial charge in [-0.2, -0.15) is 0 Å². The molecule has 0 heterocycles. The molecule has 1 aromatic carbocycles. The lowest BCUT2D eigenvalue weighted by Gasteiger charge is -2.18. The number of aryl methyl sites for hydroxylation is 1. The summed E-state index contributed by atoms with van der Waals surface area (Å²) >= 11 is 0. The average molecular weight is 312 g/mol. The zero-order valence-electron chi connectivity index (χ0n) is 13.5. The van der Waals surface area contributed by atoms with Gasteiger partial charge in [-0.05, 0) is 43.6 Å². The van der Waals surface area contributed by atoms with E-state index in [9.17, 15) is 9.90 Å². The maximum Gasteiger partial charge on any atom is 0.303 e. The fourth-order valence-electron chi connectivity index (χ4n) is 3.96. The molecule has 0 bridgehead atoms. The number of allylic oxidation sites excluding steroid dienone is 2. The van der Waals surface area contributed by atoms with Gasteiger partial charge < -0.3 is 10.2 Å². The first-order valence-corrected chi connectivity index (χ1v) is 8.37. The van der Waals surface area contributed by atoms with Crippen molar-refractivity contribution in [3.63, 3.8) is 0 Å². The summed E-state index contributed by atoms with van der Waals surface area (Å²) in [5.41, 5.74) is 3.65. The number of aliphatic hydroxyl groups excluding tert-OH is 1. The van der Waals surface area contributed by atoms with Crippen LogP contribution in [0.25, 0.3) is 6.08 Å². The number of rotatable bonds is 5. The van der Waals surface area contributed by atoms with Crippen molar-refractivity contribution < 1.29 is 15.0 Å². The normalized spacial score (nSPS) is 29.7. The van der Waals surface area contributed by atoms with Gasteiger partial charge in [0.05, 0.1) is 6.10 Å². The van der Waals surface area contributed by atoms with E-state index in [2.05, 4.69) is 49.4 Å². The van der Waals surface area contributed by atoms with Crippen molar-refractivity contribution in [1.29, 1.82) is 0 Å². The van der Waals surface area contributed by atoms with E-state index in [0.29, 0.717) is 18.3 Å². The molecule has 0 amide bonds. The van der Waals surface area contributed by atoms with Crippen molar-refractivity contribution in [3.8, 4) is 0 Å². The predicted octanol–water partition coefficient (Wildman–Crippen LogP) is 3.82. The van der Waals surface area contributed by atoms with Crippen LogP contribution >= 0.6 is 0 Å². The van der Waals surface area contributed by atoms with Gasteiger partial charge in [0, 0.05) is 12.3 Å². The zero-order chi connectivity index (χ0) is 16.4. The Morgan fingerprint density at radius 2 is 2.04 bits per heavy atom. The number of hydrogen-bond donors (Lipinski definition) is 2. The summed E-state index contributed by atoms with van der Waals surface area (Å²) in [6.07, 6.45) is 8.76. The first-order valence-electron chi connectivity index (χ1n) is 8.37. The van der Waals surface area contributed by atoms with Crippen LogP contribution in [0.4, 0.5) is 0 Å². The molecule has 122 valence electrons. The predicted molar refractivity (Wildman–Crippen MR) is 90.9 cm³/mol. The molecule has 4 atom stereocenters. The average Bonchev–Trinajstić information content (AvgIpc) is 3.02. The molecule has 0 saturated heterocycles. The van der Waals surface area contributed by atoms with E-state index >= 15 is 0 Å². The smallest absolute Gasteiger partial charge is 0.303 e. The van der Waals surface area contributed by atoms with Gasteiger partial charge in [-0.15, -0.1) is 0 Å². The highest BCUT2D eigenvalue weighted by atomic mass is 16.4. The van der Waals surface area contributed by atoms with Gasteiger partial charge >= 0.3 is 5.97 Å². The van der Waals surface area contributed by atoms with Crippen molar-refractivity contribution in [2.24, 2.45) is 17.8 Å². The van der Waals surface area contributed by atoms with Gasteiger partial charge in [0.1, 0.15) is 0 Å². The van der Waals surface area contributed by atoms with Crippen LogP contribution in [0, 0.1) is 24.7 Å². The van der Waals surface area contributed by atoms with Gasteiger partial charge in [-0.1, -0.05) is 53.6 Å². The number of aliphatic hydroxyl groups is 1. The van der Waals surface area contributed by atoms with E-state index in [-0.39, 0.29) is 18.4 Å². The molecule has 2 aliphatic carbocycles. The topological polar surface area (TPSA) is 57.5 Å². The molecule has 3 nitrogen and oxygen atoms in total. The SMILES string of the molecule is Cc1ccc(/C=C/[C@@H]2[C@H]3CC(CCC(=O)O)=C[C@H]3C[C@H]2O)cc1. The van der Waals surface area contributed by atoms with Crippen LogP contribution in [0.1, 0.15) is 36.8 Å². The molecule has 2 N–H and O–H groups in total. The highest BCUT2D eigenvalue weighted by Crippen LogP contribution is 2.48. The molecule has 0 aliphatic heterocycles. The number of hydrogen-bond acceptors (Lipinski definition) is 2. The number of carbonyl (C=O) groups is 1. The Hall–Kier alpha value is -1.87. The summed E-state index contributed by atoms with van der Waals surface area (Å²) in [7, 11) is 0. The lowest BCUT2D eigenvalue weighted by Crippen LogP contribution is -2.17. The third kappa shape index (κ3) is 3.73. The summed E-state index contributed by atoms with van der Waals surface area (Å²) in [6, 6.07) is 8.37. The minimum absolute atomic E-state index is 0.167. The van der Waals surface area contributed by atoms with Crippen LogP contribution in [0.3, 0.4) is 0 Å². The minimum atomic E-state index is -0.737. The Morgan fingerprint density at radius 3 is 2.74 bits per heavy atom. The molecule has 0 spiro atoms. The monoisotopic (exact) mass is 312 g/mol. The third-order valence-electron chi connectivity index (χ3n) is 5.20. The number of benzene rings is 1. The quantitative estimate of drug-likeness (QED) is 0.813. The van der Waals surface area contributed by atoms with E-state index in [1.165, 1.54) is 11.1 Å². The van der Waals surface area contributed by atoms with Gasteiger partial charge in [0.15, 0.2) is 0 Å². The number of carboxylic acids is 1. The van der Waals surface area contributed by atoms with E-state index in [0.717, 1.165) is 18.4 Å². The minimum Gasteiger partial charge on any atom is -0.481 e. The Bertz CT molecular complexity index is 627. The number of fused-ring (bicyclic) bond motifs is 1. The van der Waals surface area contributed by atoms with Crippen molar-refractivity contribution in [1.82, 2.24) is 0 Å². The second-order valence-corrected chi connectivity index (χ2v) is 6.90. The highest BCUT2D eigenvalue weighted by Gasteiger charge is 2.43. The first-order chi connectivity index (χ1) is 11.0. The second-order valence-electron chi connectivity index (χ2n) is 6.90. The fraction of sp³-hybridized carbons (Fsp3) is 0.450. The highest BCUT2D eigenvalue weighted by molar-refractivity contribution is 5.67. The van der Waals surface area contributed by atoms with Crippen molar-refractivity contribution in [2.75, 3.05) is 0 Å². The van der Waals surface area contributed by atoms with Crippen molar-refractivity contribution in [2.45, 2.75) is 38.7 Å². The Morgan fingerprint density at radius 1 is 1.30 bits per heavy atom. The summed E-state index contributed by atoms with van der Waals surface area (Å²) in [5, 5.41) is 19.2. The van der Waals surface area contributed by atoms with Gasteiger partial charge in [-0.3, -0.25) is 4.79 Å². The van der Waals surface area contributed by atoms with Gasteiger partial charge in [-0.25, -0.2) is 0 Å². The molecular formula is C20H24O3. The molecular weight excluding hydrogens is 288 g/mol. The van der Waals surface area contributed by atoms with Gasteiger partial charge in [0.25, 0.3) is 0 Å². The van der Waals surface area contributed by atoms with E-state index in [1.807, 2.05) is 0 Å². The Balaban J connectivity index is 1.65. The molecule has 3 heteroatoms. The molecule has 0 unspecified atom stereocenters. The Kier molecular flexibility index (Phi) is 4.67. The summed E-state index contributed by atoms with van der Waals surface area (Å²) in [5.74, 6) is 0.260. The summed E-state index contributed by atoms with van der Waals surface area (Å²) in [6.45, 7) is 2.07. The van der Waals surface area contributed by atoms with Crippen LogP contribution in [0.15, 0.2) is 42.0 Å². The molecule has 23 heavy (non-hydrogen) atoms. The standard InChI is InChI=1S/C20H24O3/c1-13-2-4-14(5-3-13)6-8-17-18-11-15(7-9-20(22)23)10-16(18)12-19(17)21/h2-6,8,10,16-19,21H,7,9,11-12H2,1H3,(H,22,23)/b8-6+/t16-,17+,18-,19+/m0/s1. The van der Waals surface area contributed by atoms with Crippen LogP contribution in [-0.4, -0.2) is 22.3 Å². The summed E-state index contributed by atoms with van der Waals surface area (Å²) in [4.78, 5) is 10.7. The maximum atomic E-state index is 10.7. The molecule has 3 rings (SSSR count). The molecule has 2 aliphatic rings. The van der Waals surface area contributed by atoms with E-state index in [4.69, 9.17) is 5.11 Å². The fourth-order valence-corrected chi connectivity index (χ4v) is 3.96. The van der Waals surface area contributed by atoms with Crippen LogP contribution in [0.5, 0.6) is 0 Å². The molecule has 1 saturated carbocycles.